The van der Waals surface area contributed by atoms with Crippen LogP contribution in [0.4, 0.5) is 23.7 Å². The smallest absolute Gasteiger partial charge is 0.322 e. The van der Waals surface area contributed by atoms with Crippen molar-refractivity contribution in [1.29, 1.82) is 0 Å². The predicted molar refractivity (Wildman–Crippen MR) is 109 cm³/mol. The summed E-state index contributed by atoms with van der Waals surface area (Å²) in [6.07, 6.45) is -0.438. The number of anilines is 1. The molecule has 0 saturated carbocycles. The zero-order chi connectivity index (χ0) is 20.9. The Kier molecular flexibility index (Phi) is 6.82. The van der Waals surface area contributed by atoms with Crippen LogP contribution in [0.25, 0.3) is 6.08 Å². The Hall–Kier alpha value is -2.51. The highest BCUT2D eigenvalue weighted by Gasteiger charge is 2.33. The second kappa shape index (κ2) is 9.33. The standard InChI is InChI=1S/C21H21ClF3N3O/c22-19-9-8-17(15-18(19)21(23,24)25)26-20(29)28-13-11-27(12-14-28)10-4-7-16-5-2-1-3-6-16/h1-9,15H,10-14H2,(H,26,29)/b7-4-. The Bertz CT molecular complexity index is 863. The fourth-order valence-electron chi connectivity index (χ4n) is 3.06. The molecule has 29 heavy (non-hydrogen) atoms. The van der Waals surface area contributed by atoms with E-state index in [9.17, 15) is 18.0 Å². The van der Waals surface area contributed by atoms with E-state index in [0.29, 0.717) is 26.2 Å². The fraction of sp³-hybridized carbons (Fsp3) is 0.286. The molecule has 1 heterocycles. The van der Waals surface area contributed by atoms with Crippen LogP contribution in [0.1, 0.15) is 11.1 Å². The summed E-state index contributed by atoms with van der Waals surface area (Å²) in [5, 5.41) is 2.13. The molecular weight excluding hydrogens is 403 g/mol. The second-order valence-electron chi connectivity index (χ2n) is 6.72. The van der Waals surface area contributed by atoms with Gasteiger partial charge in [0.15, 0.2) is 0 Å². The molecule has 0 bridgehead atoms. The molecule has 0 atom stereocenters. The van der Waals surface area contributed by atoms with Gasteiger partial charge >= 0.3 is 12.2 Å². The Balaban J connectivity index is 1.50. The van der Waals surface area contributed by atoms with Crippen molar-refractivity contribution >= 4 is 29.4 Å². The lowest BCUT2D eigenvalue weighted by molar-refractivity contribution is -0.137. The van der Waals surface area contributed by atoms with Crippen LogP contribution in [-0.2, 0) is 6.18 Å². The van der Waals surface area contributed by atoms with E-state index in [0.717, 1.165) is 24.2 Å². The first-order valence-corrected chi connectivity index (χ1v) is 9.57. The molecular formula is C21H21ClF3N3O. The van der Waals surface area contributed by atoms with Gasteiger partial charge in [0, 0.05) is 38.4 Å². The Morgan fingerprint density at radius 2 is 1.76 bits per heavy atom. The molecule has 154 valence electrons. The van der Waals surface area contributed by atoms with Crippen molar-refractivity contribution in [1.82, 2.24) is 9.80 Å². The van der Waals surface area contributed by atoms with Crippen molar-refractivity contribution in [3.8, 4) is 0 Å². The average molecular weight is 424 g/mol. The van der Waals surface area contributed by atoms with Gasteiger partial charge in [-0.3, -0.25) is 4.90 Å². The Labute approximate surface area is 172 Å². The fourth-order valence-corrected chi connectivity index (χ4v) is 3.28. The van der Waals surface area contributed by atoms with Gasteiger partial charge in [-0.1, -0.05) is 54.1 Å². The van der Waals surface area contributed by atoms with Crippen LogP contribution >= 0.6 is 11.6 Å². The second-order valence-corrected chi connectivity index (χ2v) is 7.13. The highest BCUT2D eigenvalue weighted by Crippen LogP contribution is 2.36. The van der Waals surface area contributed by atoms with Crippen LogP contribution in [0.3, 0.4) is 0 Å². The van der Waals surface area contributed by atoms with Crippen molar-refractivity contribution in [3.63, 3.8) is 0 Å². The van der Waals surface area contributed by atoms with Crippen LogP contribution in [0.15, 0.2) is 54.6 Å². The summed E-state index contributed by atoms with van der Waals surface area (Å²) in [4.78, 5) is 16.2. The number of nitrogens with one attached hydrogen (secondary N) is 1. The summed E-state index contributed by atoms with van der Waals surface area (Å²) < 4.78 is 38.9. The van der Waals surface area contributed by atoms with Gasteiger partial charge in [0.1, 0.15) is 0 Å². The molecule has 2 aromatic rings. The SMILES string of the molecule is O=C(Nc1ccc(Cl)c(C(F)(F)F)c1)N1CCN(C/C=C\c2ccccc2)CC1. The molecule has 2 amide bonds. The summed E-state index contributed by atoms with van der Waals surface area (Å²) in [7, 11) is 0. The van der Waals surface area contributed by atoms with Gasteiger partial charge in [-0.05, 0) is 23.8 Å². The van der Waals surface area contributed by atoms with Gasteiger partial charge in [-0.15, -0.1) is 0 Å². The third-order valence-corrected chi connectivity index (χ3v) is 4.99. The number of carbonyl (C=O) groups is 1. The number of rotatable bonds is 4. The number of alkyl halides is 3. The van der Waals surface area contributed by atoms with Crippen molar-refractivity contribution in [2.24, 2.45) is 0 Å². The summed E-state index contributed by atoms with van der Waals surface area (Å²) in [6.45, 7) is 3.17. The number of hydrogen-bond donors (Lipinski definition) is 1. The lowest BCUT2D eigenvalue weighted by Gasteiger charge is -2.34. The molecule has 4 nitrogen and oxygen atoms in total. The molecule has 0 aliphatic carbocycles. The summed E-state index contributed by atoms with van der Waals surface area (Å²) >= 11 is 5.61. The van der Waals surface area contributed by atoms with E-state index in [1.165, 1.54) is 6.07 Å². The number of amides is 2. The van der Waals surface area contributed by atoms with Gasteiger partial charge in [0.25, 0.3) is 0 Å². The molecule has 0 aromatic heterocycles. The molecule has 3 rings (SSSR count). The van der Waals surface area contributed by atoms with E-state index in [4.69, 9.17) is 11.6 Å². The van der Waals surface area contributed by atoms with E-state index in [2.05, 4.69) is 22.4 Å². The van der Waals surface area contributed by atoms with E-state index in [1.54, 1.807) is 4.90 Å². The maximum Gasteiger partial charge on any atom is 0.417 e. The summed E-state index contributed by atoms with van der Waals surface area (Å²) in [5.74, 6) is 0. The average Bonchev–Trinajstić information content (AvgIpc) is 2.70. The maximum atomic E-state index is 13.0. The lowest BCUT2D eigenvalue weighted by Crippen LogP contribution is -2.49. The molecule has 0 spiro atoms. The van der Waals surface area contributed by atoms with Gasteiger partial charge in [0.05, 0.1) is 10.6 Å². The lowest BCUT2D eigenvalue weighted by atomic mass is 10.2. The first kappa shape index (κ1) is 21.2. The van der Waals surface area contributed by atoms with Crippen LogP contribution in [0.2, 0.25) is 5.02 Å². The predicted octanol–water partition coefficient (Wildman–Crippen LogP) is 5.22. The van der Waals surface area contributed by atoms with Crippen molar-refractivity contribution < 1.29 is 18.0 Å². The van der Waals surface area contributed by atoms with Crippen LogP contribution in [0.5, 0.6) is 0 Å². The highest BCUT2D eigenvalue weighted by molar-refractivity contribution is 6.31. The third kappa shape index (κ3) is 5.98. The molecule has 1 aliphatic rings. The molecule has 0 radical (unpaired) electrons. The number of halogens is 4. The van der Waals surface area contributed by atoms with Crippen LogP contribution in [-0.4, -0.2) is 48.6 Å². The molecule has 2 aromatic carbocycles. The minimum atomic E-state index is -4.57. The van der Waals surface area contributed by atoms with Gasteiger partial charge in [-0.2, -0.15) is 13.2 Å². The van der Waals surface area contributed by atoms with Crippen molar-refractivity contribution in [2.75, 3.05) is 38.0 Å². The van der Waals surface area contributed by atoms with Crippen LogP contribution < -0.4 is 5.32 Å². The van der Waals surface area contributed by atoms with E-state index >= 15 is 0 Å². The maximum absolute atomic E-state index is 13.0. The molecule has 1 fully saturated rings. The largest absolute Gasteiger partial charge is 0.417 e. The van der Waals surface area contributed by atoms with Crippen molar-refractivity contribution in [3.05, 3.63) is 70.8 Å². The van der Waals surface area contributed by atoms with E-state index < -0.39 is 22.8 Å². The number of urea groups is 1. The quantitative estimate of drug-likeness (QED) is 0.731. The van der Waals surface area contributed by atoms with Gasteiger partial charge < -0.3 is 10.2 Å². The number of nitrogens with zero attached hydrogens (tertiary/aromatic N) is 2. The topological polar surface area (TPSA) is 35.6 Å². The van der Waals surface area contributed by atoms with Gasteiger partial charge in [-0.25, -0.2) is 4.79 Å². The Morgan fingerprint density at radius 1 is 1.07 bits per heavy atom. The first-order valence-electron chi connectivity index (χ1n) is 9.19. The number of carbonyl (C=O) groups excluding carboxylic acids is 1. The van der Waals surface area contributed by atoms with Crippen LogP contribution in [0, 0.1) is 0 Å². The molecule has 1 saturated heterocycles. The zero-order valence-electron chi connectivity index (χ0n) is 15.6. The summed E-state index contributed by atoms with van der Waals surface area (Å²) in [6, 6.07) is 12.9. The van der Waals surface area contributed by atoms with E-state index in [1.807, 2.05) is 30.3 Å². The molecule has 0 unspecified atom stereocenters. The van der Waals surface area contributed by atoms with Crippen molar-refractivity contribution in [2.45, 2.75) is 6.18 Å². The zero-order valence-corrected chi connectivity index (χ0v) is 16.4. The molecule has 1 aliphatic heterocycles. The first-order chi connectivity index (χ1) is 13.8. The number of benzene rings is 2. The normalized spacial score (nSPS) is 15.7. The minimum Gasteiger partial charge on any atom is -0.322 e. The minimum absolute atomic E-state index is 0.0694. The highest BCUT2D eigenvalue weighted by atomic mass is 35.5. The summed E-state index contributed by atoms with van der Waals surface area (Å²) in [5.41, 5.74) is 0.235. The third-order valence-electron chi connectivity index (χ3n) is 4.66. The van der Waals surface area contributed by atoms with Gasteiger partial charge in [0.2, 0.25) is 0 Å². The molecule has 1 N–H and O–H groups in total. The van der Waals surface area contributed by atoms with E-state index in [-0.39, 0.29) is 5.69 Å². The number of hydrogen-bond acceptors (Lipinski definition) is 2. The monoisotopic (exact) mass is 423 g/mol. The number of piperazine rings is 1. The Morgan fingerprint density at radius 3 is 2.41 bits per heavy atom. The molecule has 8 heteroatoms.